The van der Waals surface area contributed by atoms with Crippen LogP contribution in [0.4, 0.5) is 0 Å². The maximum absolute atomic E-state index is 4.78. The molecule has 1 heterocycles. The zero-order chi connectivity index (χ0) is 6.24. The topological polar surface area (TPSA) is 12.9 Å². The molecule has 0 radical (unpaired) electrons. The number of nitrogens with zero attached hydrogens (tertiary/aromatic N) is 1. The molecule has 1 nitrogen and oxygen atoms in total. The van der Waals surface area contributed by atoms with E-state index < -0.39 is 0 Å². The van der Waals surface area contributed by atoms with Crippen LogP contribution in [-0.2, 0) is 0 Å². The van der Waals surface area contributed by atoms with Crippen molar-refractivity contribution in [2.75, 3.05) is 0 Å². The molecule has 0 aliphatic rings. The fraction of sp³-hybridized carbons (Fsp3) is 0. The van der Waals surface area contributed by atoms with E-state index in [1.165, 1.54) is 0 Å². The minimum atomic E-state index is 0.778. The van der Waals surface area contributed by atoms with Gasteiger partial charge in [0.2, 0.25) is 0 Å². The third-order valence-corrected chi connectivity index (χ3v) is 0.566. The third kappa shape index (κ3) is 4.60. The normalized spacial score (nSPS) is 6.88. The fourth-order valence-corrected chi connectivity index (χ4v) is 0.313. The average Bonchev–Trinajstić information content (AvgIpc) is 1.96. The Morgan fingerprint density at radius 3 is 1.62 bits per heavy atom. The van der Waals surface area contributed by atoms with E-state index in [0.29, 0.717) is 0 Å². The van der Waals surface area contributed by atoms with Crippen LogP contribution in [0.3, 0.4) is 0 Å². The zero-order valence-electron chi connectivity index (χ0n) is 4.71. The van der Waals surface area contributed by atoms with Crippen molar-refractivity contribution in [3.8, 4) is 0 Å². The summed E-state index contributed by atoms with van der Waals surface area (Å²) >= 11 is 0.778. The Balaban J connectivity index is 0.000000222. The maximum Gasteiger partial charge on any atom is 0.0267 e. The second-order valence-corrected chi connectivity index (χ2v) is 1.02. The van der Waals surface area contributed by atoms with E-state index in [1.54, 1.807) is 12.4 Å². The molecule has 0 unspecified atom stereocenters. The van der Waals surface area contributed by atoms with Gasteiger partial charge in [-0.25, -0.2) is 0 Å². The van der Waals surface area contributed by atoms with Crippen LogP contribution in [0, 0.1) is 0 Å². The van der Waals surface area contributed by atoms with Crippen LogP contribution in [0.2, 0.25) is 0 Å². The number of hydrogen-bond donors (Lipinski definition) is 0. The largest absolute Gasteiger partial charge is 0.265 e. The van der Waals surface area contributed by atoms with Gasteiger partial charge in [-0.15, -0.1) is 0 Å². The molecule has 0 atom stereocenters. The van der Waals surface area contributed by atoms with Crippen LogP contribution >= 0.6 is 7.91 Å². The Kier molecular flexibility index (Phi) is 7.85. The molecule has 0 aliphatic carbocycles. The zero-order valence-corrected chi connectivity index (χ0v) is 7.47. The van der Waals surface area contributed by atoms with E-state index in [9.17, 15) is 0 Å². The molecule has 38 valence electrons. The van der Waals surface area contributed by atoms with Crippen LogP contribution in [0.1, 0.15) is 0 Å². The van der Waals surface area contributed by atoms with Gasteiger partial charge in [0.15, 0.2) is 0 Å². The third-order valence-electron chi connectivity index (χ3n) is 0.566. The molecule has 1 aromatic heterocycles. The van der Waals surface area contributed by atoms with E-state index in [-0.39, 0.29) is 0 Å². The van der Waals surface area contributed by atoms with Crippen LogP contribution < -0.4 is 0 Å². The quantitative estimate of drug-likeness (QED) is 0.493. The summed E-state index contributed by atoms with van der Waals surface area (Å²) in [4.78, 5) is 3.78. The predicted molar refractivity (Wildman–Crippen MR) is 35.8 cm³/mol. The van der Waals surface area contributed by atoms with Gasteiger partial charge in [-0.05, 0) is 12.1 Å². The summed E-state index contributed by atoms with van der Waals surface area (Å²) < 4.78 is 0. The summed E-state index contributed by atoms with van der Waals surface area (Å²) in [5, 5.41) is 0. The van der Waals surface area contributed by atoms with E-state index >= 15 is 0 Å². The molecule has 0 aromatic carbocycles. The average molecular weight is 138 g/mol. The SMILES string of the molecule is [Na][Cl].c1ccncc1. The summed E-state index contributed by atoms with van der Waals surface area (Å²) in [6.45, 7) is 0. The minimum Gasteiger partial charge on any atom is -0.265 e. The van der Waals surface area contributed by atoms with Gasteiger partial charge in [0.25, 0.3) is 0 Å². The van der Waals surface area contributed by atoms with Gasteiger partial charge in [0.1, 0.15) is 0 Å². The van der Waals surface area contributed by atoms with Gasteiger partial charge in [-0.2, -0.15) is 0 Å². The van der Waals surface area contributed by atoms with Gasteiger partial charge in [0, 0.05) is 12.4 Å². The second kappa shape index (κ2) is 7.44. The number of halogens is 1. The first-order chi connectivity index (χ1) is 4.00. The van der Waals surface area contributed by atoms with Crippen molar-refractivity contribution in [3.63, 3.8) is 0 Å². The molecule has 3 heteroatoms. The summed E-state index contributed by atoms with van der Waals surface area (Å²) in [5.41, 5.74) is 0. The summed E-state index contributed by atoms with van der Waals surface area (Å²) in [5.74, 6) is 0. The van der Waals surface area contributed by atoms with E-state index in [4.69, 9.17) is 7.91 Å². The van der Waals surface area contributed by atoms with Crippen molar-refractivity contribution < 1.29 is 0 Å². The predicted octanol–water partition coefficient (Wildman–Crippen LogP) is 1.39. The molecule has 0 bridgehead atoms. The minimum absolute atomic E-state index is 0.778. The molecule has 0 aliphatic heterocycles. The van der Waals surface area contributed by atoms with Crippen molar-refractivity contribution in [2.45, 2.75) is 0 Å². The number of rotatable bonds is 0. The summed E-state index contributed by atoms with van der Waals surface area (Å²) in [7, 11) is 4.78. The molecule has 0 saturated heterocycles. The Hall–Kier alpha value is 0.440. The van der Waals surface area contributed by atoms with Crippen LogP contribution in [0.5, 0.6) is 0 Å². The molecular formula is C5H5ClNNa. The molecule has 8 heavy (non-hydrogen) atoms. The monoisotopic (exact) mass is 137 g/mol. The molecule has 0 saturated carbocycles. The van der Waals surface area contributed by atoms with Crippen molar-refractivity contribution in [2.24, 2.45) is 0 Å². The Labute approximate surface area is 69.8 Å². The van der Waals surface area contributed by atoms with E-state index in [2.05, 4.69) is 4.98 Å². The smallest absolute Gasteiger partial charge is 0.0267 e. The maximum atomic E-state index is 4.78. The molecule has 0 N–H and O–H groups in total. The van der Waals surface area contributed by atoms with Crippen molar-refractivity contribution >= 4 is 34.6 Å². The molecular weight excluding hydrogens is 133 g/mol. The van der Waals surface area contributed by atoms with Crippen LogP contribution in [0.25, 0.3) is 0 Å². The van der Waals surface area contributed by atoms with Gasteiger partial charge in [-0.3, -0.25) is 4.98 Å². The number of pyridine rings is 1. The Morgan fingerprint density at radius 1 is 1.00 bits per heavy atom. The first-order valence-electron chi connectivity index (χ1n) is 2.23. The van der Waals surface area contributed by atoms with Gasteiger partial charge >= 0.3 is 34.6 Å². The first-order valence-corrected chi connectivity index (χ1v) is 5.25. The standard InChI is InChI=1S/C5H5N.ClH.Na/c1-2-4-6-5-3-1;;/h1-5H;1H;/q;;+1/p-1. The molecule has 1 rings (SSSR count). The van der Waals surface area contributed by atoms with E-state index in [1.807, 2.05) is 18.2 Å². The van der Waals surface area contributed by atoms with Gasteiger partial charge < -0.3 is 0 Å². The molecule has 0 fully saturated rings. The summed E-state index contributed by atoms with van der Waals surface area (Å²) in [6.07, 6.45) is 3.50. The summed E-state index contributed by atoms with van der Waals surface area (Å²) in [6, 6.07) is 5.72. The number of aromatic nitrogens is 1. The number of hydrogen-bond acceptors (Lipinski definition) is 1. The van der Waals surface area contributed by atoms with Crippen molar-refractivity contribution in [1.82, 2.24) is 4.98 Å². The van der Waals surface area contributed by atoms with Gasteiger partial charge in [-0.1, -0.05) is 6.07 Å². The Bertz CT molecular complexity index is 84.4. The fourth-order valence-electron chi connectivity index (χ4n) is 0.313. The first kappa shape index (κ1) is 8.44. The van der Waals surface area contributed by atoms with Crippen LogP contribution in [0.15, 0.2) is 30.6 Å². The van der Waals surface area contributed by atoms with Gasteiger partial charge in [0.05, 0.1) is 0 Å². The van der Waals surface area contributed by atoms with Crippen molar-refractivity contribution in [3.05, 3.63) is 30.6 Å². The van der Waals surface area contributed by atoms with Crippen molar-refractivity contribution in [1.29, 1.82) is 0 Å². The second-order valence-electron chi connectivity index (χ2n) is 1.02. The van der Waals surface area contributed by atoms with Crippen LogP contribution in [-0.4, -0.2) is 31.6 Å². The Morgan fingerprint density at radius 2 is 1.50 bits per heavy atom. The van der Waals surface area contributed by atoms with E-state index in [0.717, 1.165) is 26.6 Å². The molecule has 1 aromatic rings. The molecule has 0 amide bonds. The molecule has 0 spiro atoms.